The Bertz CT molecular complexity index is 540. The molecule has 106 valence electrons. The molecule has 0 fully saturated rings. The van der Waals surface area contributed by atoms with Gasteiger partial charge in [-0.15, -0.1) is 0 Å². The molecule has 1 unspecified atom stereocenters. The average molecular weight is 463 g/mol. The molecule has 20 heavy (non-hydrogen) atoms. The van der Waals surface area contributed by atoms with Gasteiger partial charge in [0.05, 0.1) is 6.61 Å². The first-order valence-corrected chi connectivity index (χ1v) is 9.10. The number of rotatable bonds is 6. The van der Waals surface area contributed by atoms with Gasteiger partial charge in [0.1, 0.15) is 5.75 Å². The quantitative estimate of drug-likeness (QED) is 0.467. The third-order valence-electron chi connectivity index (χ3n) is 3.08. The van der Waals surface area contributed by atoms with Gasteiger partial charge in [-0.25, -0.2) is 0 Å². The molecule has 0 bridgehead atoms. The lowest BCUT2D eigenvalue weighted by molar-refractivity contribution is 0.301. The van der Waals surface area contributed by atoms with E-state index in [2.05, 4.69) is 66.0 Å². The first-order chi connectivity index (χ1) is 9.70. The van der Waals surface area contributed by atoms with E-state index in [1.54, 1.807) is 0 Å². The molecule has 0 aliphatic rings. The Kier molecular flexibility index (Phi) is 6.59. The molecule has 1 atom stereocenters. The molecule has 0 radical (unpaired) electrons. The van der Waals surface area contributed by atoms with Gasteiger partial charge in [-0.2, -0.15) is 0 Å². The third kappa shape index (κ3) is 4.61. The van der Waals surface area contributed by atoms with Crippen LogP contribution >= 0.6 is 47.8 Å². The zero-order valence-corrected chi connectivity index (χ0v) is 15.6. The van der Waals surface area contributed by atoms with Crippen molar-refractivity contribution in [3.8, 4) is 5.75 Å². The van der Waals surface area contributed by atoms with E-state index in [4.69, 9.17) is 4.74 Å². The van der Waals surface area contributed by atoms with Crippen LogP contribution in [0, 0.1) is 0 Å². The molecule has 0 aromatic heterocycles. The van der Waals surface area contributed by atoms with Gasteiger partial charge in [-0.05, 0) is 48.2 Å². The molecule has 2 rings (SSSR count). The zero-order chi connectivity index (χ0) is 14.4. The Morgan fingerprint density at radius 2 is 1.65 bits per heavy atom. The highest BCUT2D eigenvalue weighted by Crippen LogP contribution is 2.29. The Morgan fingerprint density at radius 1 is 0.950 bits per heavy atom. The summed E-state index contributed by atoms with van der Waals surface area (Å²) in [6, 6.07) is 16.3. The van der Waals surface area contributed by atoms with Crippen molar-refractivity contribution in [3.05, 3.63) is 63.0 Å². The minimum atomic E-state index is 0.445. The van der Waals surface area contributed by atoms with Gasteiger partial charge in [0, 0.05) is 14.3 Å². The summed E-state index contributed by atoms with van der Waals surface area (Å²) in [5.41, 5.74) is 1.32. The van der Waals surface area contributed by atoms with E-state index in [1.165, 1.54) is 5.56 Å². The van der Waals surface area contributed by atoms with E-state index in [9.17, 15) is 0 Å². The van der Waals surface area contributed by atoms with Crippen molar-refractivity contribution in [1.29, 1.82) is 0 Å². The van der Waals surface area contributed by atoms with Crippen LogP contribution in [0.25, 0.3) is 0 Å². The summed E-state index contributed by atoms with van der Waals surface area (Å²) in [5.74, 6) is 1.36. The molecule has 0 heterocycles. The van der Waals surface area contributed by atoms with Crippen LogP contribution in [0.4, 0.5) is 0 Å². The number of halogens is 3. The SMILES string of the molecule is BrCC(CCOc1ccc(Br)cc1)c1ccccc1Br. The fourth-order valence-corrected chi connectivity index (χ4v) is 3.52. The van der Waals surface area contributed by atoms with Gasteiger partial charge < -0.3 is 4.74 Å². The summed E-state index contributed by atoms with van der Waals surface area (Å²) in [6.45, 7) is 0.708. The van der Waals surface area contributed by atoms with Gasteiger partial charge >= 0.3 is 0 Å². The van der Waals surface area contributed by atoms with Gasteiger partial charge in [-0.3, -0.25) is 0 Å². The molecular weight excluding hydrogens is 448 g/mol. The summed E-state index contributed by atoms with van der Waals surface area (Å²) < 4.78 is 8.02. The summed E-state index contributed by atoms with van der Waals surface area (Å²) in [6.07, 6.45) is 0.976. The molecular formula is C16H15Br3O. The molecule has 0 spiro atoms. The minimum Gasteiger partial charge on any atom is -0.494 e. The first-order valence-electron chi connectivity index (χ1n) is 6.39. The predicted molar refractivity (Wildman–Crippen MR) is 94.9 cm³/mol. The summed E-state index contributed by atoms with van der Waals surface area (Å²) in [7, 11) is 0. The van der Waals surface area contributed by atoms with Gasteiger partial charge in [0.15, 0.2) is 0 Å². The maximum absolute atomic E-state index is 5.80. The molecule has 4 heteroatoms. The van der Waals surface area contributed by atoms with E-state index in [0.29, 0.717) is 12.5 Å². The van der Waals surface area contributed by atoms with E-state index >= 15 is 0 Å². The van der Waals surface area contributed by atoms with Crippen LogP contribution in [-0.4, -0.2) is 11.9 Å². The number of alkyl halides is 1. The van der Waals surface area contributed by atoms with Crippen molar-refractivity contribution < 1.29 is 4.74 Å². The van der Waals surface area contributed by atoms with Crippen LogP contribution in [0.15, 0.2) is 57.5 Å². The second-order valence-corrected chi connectivity index (χ2v) is 6.88. The van der Waals surface area contributed by atoms with Crippen molar-refractivity contribution in [2.45, 2.75) is 12.3 Å². The molecule has 0 N–H and O–H groups in total. The lowest BCUT2D eigenvalue weighted by Crippen LogP contribution is -2.07. The van der Waals surface area contributed by atoms with E-state index < -0.39 is 0 Å². The highest BCUT2D eigenvalue weighted by Gasteiger charge is 2.13. The van der Waals surface area contributed by atoms with E-state index in [0.717, 1.165) is 26.4 Å². The van der Waals surface area contributed by atoms with Crippen LogP contribution in [0.3, 0.4) is 0 Å². The lowest BCUT2D eigenvalue weighted by Gasteiger charge is -2.16. The number of benzene rings is 2. The molecule has 0 saturated carbocycles. The summed E-state index contributed by atoms with van der Waals surface area (Å²) in [5, 5.41) is 0.930. The Labute approximate surface area is 145 Å². The summed E-state index contributed by atoms with van der Waals surface area (Å²) >= 11 is 10.6. The number of hydrogen-bond acceptors (Lipinski definition) is 1. The number of ether oxygens (including phenoxy) is 1. The number of hydrogen-bond donors (Lipinski definition) is 0. The smallest absolute Gasteiger partial charge is 0.119 e. The van der Waals surface area contributed by atoms with Crippen LogP contribution < -0.4 is 4.74 Å². The van der Waals surface area contributed by atoms with Gasteiger partial charge in [-0.1, -0.05) is 66.0 Å². The Balaban J connectivity index is 1.91. The highest BCUT2D eigenvalue weighted by molar-refractivity contribution is 9.11. The normalized spacial score (nSPS) is 12.2. The van der Waals surface area contributed by atoms with Gasteiger partial charge in [0.25, 0.3) is 0 Å². The van der Waals surface area contributed by atoms with Gasteiger partial charge in [0.2, 0.25) is 0 Å². The van der Waals surface area contributed by atoms with Crippen LogP contribution in [0.1, 0.15) is 17.9 Å². The highest BCUT2D eigenvalue weighted by atomic mass is 79.9. The maximum atomic E-state index is 5.80. The molecule has 0 aliphatic heterocycles. The zero-order valence-electron chi connectivity index (χ0n) is 10.9. The molecule has 1 nitrogen and oxygen atoms in total. The molecule has 2 aromatic rings. The van der Waals surface area contributed by atoms with Crippen LogP contribution in [0.2, 0.25) is 0 Å². The second kappa shape index (κ2) is 8.20. The third-order valence-corrected chi connectivity index (χ3v) is 5.11. The van der Waals surface area contributed by atoms with Crippen molar-refractivity contribution in [1.82, 2.24) is 0 Å². The monoisotopic (exact) mass is 460 g/mol. The maximum Gasteiger partial charge on any atom is 0.119 e. The molecule has 2 aromatic carbocycles. The lowest BCUT2D eigenvalue weighted by atomic mass is 9.98. The van der Waals surface area contributed by atoms with E-state index in [1.807, 2.05) is 30.3 Å². The van der Waals surface area contributed by atoms with Crippen LogP contribution in [-0.2, 0) is 0 Å². The largest absolute Gasteiger partial charge is 0.494 e. The molecule has 0 saturated heterocycles. The Morgan fingerprint density at radius 3 is 2.30 bits per heavy atom. The fourth-order valence-electron chi connectivity index (χ4n) is 1.97. The predicted octanol–water partition coefficient (Wildman–Crippen LogP) is 6.16. The van der Waals surface area contributed by atoms with Crippen molar-refractivity contribution in [2.75, 3.05) is 11.9 Å². The van der Waals surface area contributed by atoms with E-state index in [-0.39, 0.29) is 0 Å². The second-order valence-electron chi connectivity index (χ2n) is 4.46. The topological polar surface area (TPSA) is 9.23 Å². The van der Waals surface area contributed by atoms with Crippen molar-refractivity contribution in [3.63, 3.8) is 0 Å². The first kappa shape index (κ1) is 16.1. The van der Waals surface area contributed by atoms with Crippen molar-refractivity contribution in [2.24, 2.45) is 0 Å². The minimum absolute atomic E-state index is 0.445. The average Bonchev–Trinajstić information content (AvgIpc) is 2.47. The van der Waals surface area contributed by atoms with Crippen molar-refractivity contribution >= 4 is 47.8 Å². The standard InChI is InChI=1S/C16H15Br3O/c17-11-12(15-3-1-2-4-16(15)19)9-10-20-14-7-5-13(18)6-8-14/h1-8,12H,9-11H2. The summed E-state index contributed by atoms with van der Waals surface area (Å²) in [4.78, 5) is 0. The Hall–Kier alpha value is -0.320. The van der Waals surface area contributed by atoms with Crippen LogP contribution in [0.5, 0.6) is 5.75 Å². The fraction of sp³-hybridized carbons (Fsp3) is 0.250. The molecule has 0 aliphatic carbocycles. The molecule has 0 amide bonds.